The van der Waals surface area contributed by atoms with Crippen LogP contribution in [0, 0.1) is 0 Å². The van der Waals surface area contributed by atoms with E-state index in [9.17, 15) is 4.79 Å². The van der Waals surface area contributed by atoms with Crippen molar-refractivity contribution in [2.24, 2.45) is 7.05 Å². The zero-order chi connectivity index (χ0) is 15.2. The van der Waals surface area contributed by atoms with Crippen molar-refractivity contribution in [1.29, 1.82) is 0 Å². The molecule has 112 valence electrons. The van der Waals surface area contributed by atoms with Gasteiger partial charge in [0.05, 0.1) is 12.1 Å². The molecule has 21 heavy (non-hydrogen) atoms. The Bertz CT molecular complexity index is 606. The summed E-state index contributed by atoms with van der Waals surface area (Å²) < 4.78 is 1.92. The molecule has 1 aromatic carbocycles. The number of para-hydroxylation sites is 1. The molecule has 0 bridgehead atoms. The van der Waals surface area contributed by atoms with Gasteiger partial charge in [-0.05, 0) is 18.6 Å². The number of aryl methyl sites for hydroxylation is 1. The fourth-order valence-corrected chi connectivity index (χ4v) is 2.12. The highest BCUT2D eigenvalue weighted by Gasteiger charge is 2.16. The molecule has 0 unspecified atom stereocenters. The molecular weight excluding hydrogens is 264 g/mol. The van der Waals surface area contributed by atoms with Crippen LogP contribution in [-0.4, -0.2) is 34.0 Å². The van der Waals surface area contributed by atoms with Gasteiger partial charge < -0.3 is 14.8 Å². The van der Waals surface area contributed by atoms with Gasteiger partial charge in [0.25, 0.3) is 5.91 Å². The molecule has 5 heteroatoms. The lowest BCUT2D eigenvalue weighted by atomic mass is 10.1. The average Bonchev–Trinajstić information content (AvgIpc) is 2.90. The first-order chi connectivity index (χ1) is 10.1. The van der Waals surface area contributed by atoms with E-state index in [1.165, 1.54) is 0 Å². The van der Waals surface area contributed by atoms with Gasteiger partial charge in [0.15, 0.2) is 0 Å². The highest BCUT2D eigenvalue weighted by molar-refractivity contribution is 5.99. The summed E-state index contributed by atoms with van der Waals surface area (Å²) in [6.45, 7) is 3.45. The topological polar surface area (TPSA) is 50.2 Å². The van der Waals surface area contributed by atoms with Gasteiger partial charge in [-0.3, -0.25) is 4.79 Å². The largest absolute Gasteiger partial charge is 0.384 e. The number of carbonyl (C=O) groups excluding carboxylic acids is 1. The normalized spacial score (nSPS) is 10.4. The smallest absolute Gasteiger partial charge is 0.256 e. The summed E-state index contributed by atoms with van der Waals surface area (Å²) in [5.74, 6) is 0.863. The first-order valence-electron chi connectivity index (χ1n) is 7.18. The second-order valence-corrected chi connectivity index (χ2v) is 5.09. The van der Waals surface area contributed by atoms with Crippen LogP contribution in [0.25, 0.3) is 0 Å². The number of carbonyl (C=O) groups is 1. The second kappa shape index (κ2) is 6.92. The van der Waals surface area contributed by atoms with Crippen molar-refractivity contribution in [3.05, 3.63) is 48.0 Å². The molecule has 0 atom stereocenters. The molecule has 2 aromatic rings. The van der Waals surface area contributed by atoms with Crippen LogP contribution in [0.3, 0.4) is 0 Å². The summed E-state index contributed by atoms with van der Waals surface area (Å²) in [6.07, 6.45) is 4.64. The summed E-state index contributed by atoms with van der Waals surface area (Å²) in [7, 11) is 3.73. The predicted octanol–water partition coefficient (Wildman–Crippen LogP) is 2.51. The quantitative estimate of drug-likeness (QED) is 0.887. The van der Waals surface area contributed by atoms with Crippen molar-refractivity contribution in [1.82, 2.24) is 14.5 Å². The number of aromatic nitrogens is 2. The lowest BCUT2D eigenvalue weighted by molar-refractivity contribution is 0.0781. The van der Waals surface area contributed by atoms with Gasteiger partial charge in [-0.25, -0.2) is 4.98 Å². The molecule has 0 aliphatic rings. The lowest BCUT2D eigenvalue weighted by Crippen LogP contribution is -2.28. The van der Waals surface area contributed by atoms with Crippen molar-refractivity contribution < 1.29 is 4.79 Å². The maximum absolute atomic E-state index is 12.6. The number of hydrogen-bond donors (Lipinski definition) is 1. The van der Waals surface area contributed by atoms with Crippen LogP contribution in [0.1, 0.15) is 29.5 Å². The van der Waals surface area contributed by atoms with Gasteiger partial charge >= 0.3 is 0 Å². The maximum Gasteiger partial charge on any atom is 0.256 e. The zero-order valence-electron chi connectivity index (χ0n) is 12.8. The minimum atomic E-state index is -0.00259. The molecule has 2 rings (SSSR count). The van der Waals surface area contributed by atoms with Crippen molar-refractivity contribution >= 4 is 11.6 Å². The molecular formula is C16H22N4O. The maximum atomic E-state index is 12.6. The molecule has 0 saturated carbocycles. The molecule has 1 heterocycles. The van der Waals surface area contributed by atoms with E-state index in [1.54, 1.807) is 18.1 Å². The fraction of sp³-hybridized carbons (Fsp3) is 0.375. The van der Waals surface area contributed by atoms with E-state index in [1.807, 2.05) is 42.1 Å². The molecule has 0 aliphatic carbocycles. The van der Waals surface area contributed by atoms with Gasteiger partial charge in [-0.2, -0.15) is 0 Å². The van der Waals surface area contributed by atoms with E-state index >= 15 is 0 Å². The van der Waals surface area contributed by atoms with E-state index in [0.29, 0.717) is 12.1 Å². The van der Waals surface area contributed by atoms with E-state index in [0.717, 1.165) is 24.5 Å². The number of nitrogens with one attached hydrogen (secondary N) is 1. The lowest BCUT2D eigenvalue weighted by Gasteiger charge is -2.19. The summed E-state index contributed by atoms with van der Waals surface area (Å²) in [4.78, 5) is 18.6. The average molecular weight is 286 g/mol. The number of imidazole rings is 1. The van der Waals surface area contributed by atoms with E-state index in [2.05, 4.69) is 17.2 Å². The third-order valence-electron chi connectivity index (χ3n) is 3.37. The highest BCUT2D eigenvalue weighted by Crippen LogP contribution is 2.17. The molecule has 0 saturated heterocycles. The molecule has 1 aromatic heterocycles. The van der Waals surface area contributed by atoms with Crippen LogP contribution in [0.2, 0.25) is 0 Å². The number of benzene rings is 1. The summed E-state index contributed by atoms with van der Waals surface area (Å²) >= 11 is 0. The van der Waals surface area contributed by atoms with Crippen LogP contribution in [0.4, 0.5) is 5.69 Å². The standard InChI is InChI=1S/C16H22N4O/c1-4-9-17-14-8-6-5-7-13(14)16(21)20(3)12-15-18-10-11-19(15)2/h5-8,10-11,17H,4,9,12H2,1-3H3. The third kappa shape index (κ3) is 3.62. The first kappa shape index (κ1) is 15.1. The Labute approximate surface area is 125 Å². The highest BCUT2D eigenvalue weighted by atomic mass is 16.2. The molecule has 0 fully saturated rings. The second-order valence-electron chi connectivity index (χ2n) is 5.09. The SMILES string of the molecule is CCCNc1ccccc1C(=O)N(C)Cc1nccn1C. The summed E-state index contributed by atoms with van der Waals surface area (Å²) in [5.41, 5.74) is 1.58. The van der Waals surface area contributed by atoms with Gasteiger partial charge in [0.1, 0.15) is 5.82 Å². The molecule has 1 amide bonds. The Balaban J connectivity index is 2.13. The fourth-order valence-electron chi connectivity index (χ4n) is 2.12. The summed E-state index contributed by atoms with van der Waals surface area (Å²) in [5, 5.41) is 3.30. The Hall–Kier alpha value is -2.30. The predicted molar refractivity (Wildman–Crippen MR) is 84.2 cm³/mol. The number of rotatable bonds is 6. The van der Waals surface area contributed by atoms with Crippen LogP contribution in [-0.2, 0) is 13.6 Å². The van der Waals surface area contributed by atoms with Crippen LogP contribution >= 0.6 is 0 Å². The van der Waals surface area contributed by atoms with Gasteiger partial charge in [0.2, 0.25) is 0 Å². The van der Waals surface area contributed by atoms with Crippen LogP contribution < -0.4 is 5.32 Å². The zero-order valence-corrected chi connectivity index (χ0v) is 12.8. The third-order valence-corrected chi connectivity index (χ3v) is 3.37. The Morgan fingerprint density at radius 3 is 2.81 bits per heavy atom. The number of amides is 1. The van der Waals surface area contributed by atoms with Gasteiger partial charge in [-0.1, -0.05) is 19.1 Å². The Kier molecular flexibility index (Phi) is 4.98. The Morgan fingerprint density at radius 1 is 1.38 bits per heavy atom. The molecule has 0 spiro atoms. The molecule has 0 radical (unpaired) electrons. The van der Waals surface area contributed by atoms with Crippen LogP contribution in [0.15, 0.2) is 36.7 Å². The van der Waals surface area contributed by atoms with E-state index in [-0.39, 0.29) is 5.91 Å². The minimum Gasteiger partial charge on any atom is -0.384 e. The van der Waals surface area contributed by atoms with Crippen molar-refractivity contribution in [2.45, 2.75) is 19.9 Å². The van der Waals surface area contributed by atoms with E-state index in [4.69, 9.17) is 0 Å². The molecule has 1 N–H and O–H groups in total. The van der Waals surface area contributed by atoms with Gasteiger partial charge in [0, 0.05) is 38.7 Å². The number of anilines is 1. The Morgan fingerprint density at radius 2 is 2.14 bits per heavy atom. The molecule has 0 aliphatic heterocycles. The first-order valence-corrected chi connectivity index (χ1v) is 7.18. The van der Waals surface area contributed by atoms with Crippen molar-refractivity contribution in [2.75, 3.05) is 18.9 Å². The van der Waals surface area contributed by atoms with E-state index < -0.39 is 0 Å². The van der Waals surface area contributed by atoms with Crippen LogP contribution in [0.5, 0.6) is 0 Å². The van der Waals surface area contributed by atoms with Crippen molar-refractivity contribution in [3.63, 3.8) is 0 Å². The number of nitrogens with zero attached hydrogens (tertiary/aromatic N) is 3. The summed E-state index contributed by atoms with van der Waals surface area (Å²) in [6, 6.07) is 7.62. The monoisotopic (exact) mass is 286 g/mol. The van der Waals surface area contributed by atoms with Gasteiger partial charge in [-0.15, -0.1) is 0 Å². The molecule has 5 nitrogen and oxygen atoms in total. The number of hydrogen-bond acceptors (Lipinski definition) is 3. The minimum absolute atomic E-state index is 0.00259. The van der Waals surface area contributed by atoms with Crippen molar-refractivity contribution in [3.8, 4) is 0 Å².